The van der Waals surface area contributed by atoms with Crippen LogP contribution in [0, 0.1) is 24.2 Å². The van der Waals surface area contributed by atoms with Crippen LogP contribution in [-0.2, 0) is 10.2 Å². The molecule has 3 atom stereocenters. The zero-order valence-corrected chi connectivity index (χ0v) is 18.0. The Kier molecular flexibility index (Phi) is 4.18. The van der Waals surface area contributed by atoms with Gasteiger partial charge in [0.25, 0.3) is 0 Å². The van der Waals surface area contributed by atoms with Crippen molar-refractivity contribution in [1.29, 1.82) is 0 Å². The molecule has 1 aromatic rings. The van der Waals surface area contributed by atoms with Gasteiger partial charge in [-0.05, 0) is 101 Å². The molecule has 6 aliphatic rings. The number of aryl methyl sites for hydroxylation is 1. The summed E-state index contributed by atoms with van der Waals surface area (Å²) >= 11 is 0. The number of nitrogens with zero attached hydrogens (tertiary/aromatic N) is 2. The van der Waals surface area contributed by atoms with Gasteiger partial charge in [0.1, 0.15) is 0 Å². The van der Waals surface area contributed by atoms with E-state index in [2.05, 4.69) is 41.0 Å². The van der Waals surface area contributed by atoms with Crippen molar-refractivity contribution in [2.24, 2.45) is 17.3 Å². The molecule has 7 rings (SSSR count). The summed E-state index contributed by atoms with van der Waals surface area (Å²) in [7, 11) is 0. The molecule has 4 aliphatic carbocycles. The minimum atomic E-state index is -0.0606. The number of rotatable bonds is 3. The third-order valence-electron chi connectivity index (χ3n) is 9.29. The first kappa shape index (κ1) is 18.4. The molecule has 2 saturated heterocycles. The molecular formula is C26H36N2O. The van der Waals surface area contributed by atoms with E-state index < -0.39 is 0 Å². The molecule has 3 heteroatoms. The van der Waals surface area contributed by atoms with Gasteiger partial charge in [0.15, 0.2) is 0 Å². The molecule has 4 bridgehead atoms. The molecule has 0 aromatic heterocycles. The molecule has 156 valence electrons. The number of hydrogen-bond acceptors (Lipinski definition) is 2. The molecule has 1 aromatic carbocycles. The van der Waals surface area contributed by atoms with E-state index >= 15 is 0 Å². The van der Waals surface area contributed by atoms with Gasteiger partial charge in [-0.25, -0.2) is 0 Å². The van der Waals surface area contributed by atoms with Crippen molar-refractivity contribution in [3.63, 3.8) is 0 Å². The average Bonchev–Trinajstić information content (AvgIpc) is 3.38. The number of likely N-dealkylation sites (tertiary alicyclic amines) is 2. The Hall–Kier alpha value is -1.35. The Labute approximate surface area is 175 Å². The lowest BCUT2D eigenvalue weighted by atomic mass is 9.42. The first-order valence-electron chi connectivity index (χ1n) is 12.2. The summed E-state index contributed by atoms with van der Waals surface area (Å²) in [6.45, 7) is 6.66. The van der Waals surface area contributed by atoms with Gasteiger partial charge in [-0.3, -0.25) is 9.69 Å². The van der Waals surface area contributed by atoms with E-state index in [-0.39, 0.29) is 10.8 Å². The molecular weight excluding hydrogens is 356 g/mol. The summed E-state index contributed by atoms with van der Waals surface area (Å²) < 4.78 is 0. The van der Waals surface area contributed by atoms with Crippen molar-refractivity contribution in [2.45, 2.75) is 76.2 Å². The molecule has 2 aliphatic heterocycles. The van der Waals surface area contributed by atoms with Crippen molar-refractivity contribution in [1.82, 2.24) is 9.80 Å². The fraction of sp³-hybridized carbons (Fsp3) is 0.731. The largest absolute Gasteiger partial charge is 0.341 e. The second-order valence-corrected chi connectivity index (χ2v) is 11.3. The summed E-state index contributed by atoms with van der Waals surface area (Å²) in [5.41, 5.74) is 3.07. The van der Waals surface area contributed by atoms with Crippen molar-refractivity contribution in [3.05, 3.63) is 35.4 Å². The molecule has 4 saturated carbocycles. The molecule has 0 N–H and O–H groups in total. The Morgan fingerprint density at radius 1 is 0.966 bits per heavy atom. The molecule has 0 spiro atoms. The second kappa shape index (κ2) is 6.57. The van der Waals surface area contributed by atoms with Gasteiger partial charge >= 0.3 is 0 Å². The van der Waals surface area contributed by atoms with Crippen LogP contribution >= 0.6 is 0 Å². The third kappa shape index (κ3) is 2.91. The lowest BCUT2D eigenvalue weighted by Gasteiger charge is -2.62. The highest BCUT2D eigenvalue weighted by atomic mass is 16.2. The summed E-state index contributed by atoms with van der Waals surface area (Å²) in [5.74, 6) is 2.06. The summed E-state index contributed by atoms with van der Waals surface area (Å²) in [4.78, 5) is 18.9. The van der Waals surface area contributed by atoms with Gasteiger partial charge in [-0.1, -0.05) is 29.8 Å². The van der Waals surface area contributed by atoms with Gasteiger partial charge in [0.05, 0.1) is 5.41 Å². The SMILES string of the molecule is Cc1ccc(C23CC4CC(CC(C(=O)N5CCC(N6CCCC6)C5)(C4)C2)C3)cc1. The fourth-order valence-electron chi connectivity index (χ4n) is 8.42. The molecule has 6 fully saturated rings. The zero-order valence-electron chi connectivity index (χ0n) is 18.0. The Morgan fingerprint density at radius 2 is 1.66 bits per heavy atom. The fourth-order valence-corrected chi connectivity index (χ4v) is 8.42. The lowest BCUT2D eigenvalue weighted by Crippen LogP contribution is -2.59. The van der Waals surface area contributed by atoms with Gasteiger partial charge in [-0.15, -0.1) is 0 Å². The summed E-state index contributed by atoms with van der Waals surface area (Å²) in [6, 6.07) is 9.94. The number of hydrogen-bond donors (Lipinski definition) is 0. The normalized spacial score (nSPS) is 41.4. The number of amides is 1. The molecule has 3 unspecified atom stereocenters. The van der Waals surface area contributed by atoms with E-state index in [1.165, 1.54) is 75.6 Å². The predicted octanol–water partition coefficient (Wildman–Crippen LogP) is 4.53. The summed E-state index contributed by atoms with van der Waals surface area (Å²) in [5, 5.41) is 0. The van der Waals surface area contributed by atoms with E-state index in [9.17, 15) is 4.79 Å². The standard InChI is InChI=1S/C26H36N2O/c1-19-4-6-22(7-5-19)25-13-20-12-21(14-25)16-26(15-20,18-25)24(29)28-11-8-23(17-28)27-9-2-3-10-27/h4-7,20-21,23H,2-3,8-18H2,1H3. The van der Waals surface area contributed by atoms with Crippen molar-refractivity contribution >= 4 is 5.91 Å². The summed E-state index contributed by atoms with van der Waals surface area (Å²) in [6.07, 6.45) is 11.3. The number of benzene rings is 1. The van der Waals surface area contributed by atoms with Gasteiger partial charge in [0, 0.05) is 19.1 Å². The van der Waals surface area contributed by atoms with Crippen LogP contribution in [0.1, 0.15) is 68.9 Å². The minimum absolute atomic E-state index is 0.0606. The molecule has 0 radical (unpaired) electrons. The van der Waals surface area contributed by atoms with E-state index in [4.69, 9.17) is 0 Å². The topological polar surface area (TPSA) is 23.6 Å². The molecule has 29 heavy (non-hydrogen) atoms. The van der Waals surface area contributed by atoms with Crippen molar-refractivity contribution < 1.29 is 4.79 Å². The maximum atomic E-state index is 14.0. The highest BCUT2D eigenvalue weighted by Crippen LogP contribution is 2.66. The van der Waals surface area contributed by atoms with Crippen LogP contribution in [0.2, 0.25) is 0 Å². The van der Waals surface area contributed by atoms with Crippen LogP contribution < -0.4 is 0 Å². The van der Waals surface area contributed by atoms with Gasteiger partial charge < -0.3 is 4.90 Å². The van der Waals surface area contributed by atoms with Gasteiger partial charge in [-0.2, -0.15) is 0 Å². The van der Waals surface area contributed by atoms with E-state index in [0.29, 0.717) is 11.9 Å². The van der Waals surface area contributed by atoms with Crippen LogP contribution in [-0.4, -0.2) is 47.9 Å². The second-order valence-electron chi connectivity index (χ2n) is 11.3. The monoisotopic (exact) mass is 392 g/mol. The highest BCUT2D eigenvalue weighted by Gasteiger charge is 2.61. The van der Waals surface area contributed by atoms with Crippen molar-refractivity contribution in [2.75, 3.05) is 26.2 Å². The minimum Gasteiger partial charge on any atom is -0.341 e. The quantitative estimate of drug-likeness (QED) is 0.754. The molecule has 2 heterocycles. The van der Waals surface area contributed by atoms with Crippen LogP contribution in [0.5, 0.6) is 0 Å². The van der Waals surface area contributed by atoms with Gasteiger partial charge in [0.2, 0.25) is 5.91 Å². The van der Waals surface area contributed by atoms with Crippen LogP contribution in [0.25, 0.3) is 0 Å². The van der Waals surface area contributed by atoms with Crippen LogP contribution in [0.4, 0.5) is 0 Å². The number of carbonyl (C=O) groups excluding carboxylic acids is 1. The lowest BCUT2D eigenvalue weighted by molar-refractivity contribution is -0.159. The van der Waals surface area contributed by atoms with Crippen LogP contribution in [0.3, 0.4) is 0 Å². The maximum Gasteiger partial charge on any atom is 0.228 e. The third-order valence-corrected chi connectivity index (χ3v) is 9.29. The first-order valence-corrected chi connectivity index (χ1v) is 12.2. The van der Waals surface area contributed by atoms with E-state index in [1.807, 2.05) is 0 Å². The maximum absolute atomic E-state index is 14.0. The Balaban J connectivity index is 1.26. The highest BCUT2D eigenvalue weighted by molar-refractivity contribution is 5.84. The zero-order chi connectivity index (χ0) is 19.6. The smallest absolute Gasteiger partial charge is 0.228 e. The average molecular weight is 393 g/mol. The van der Waals surface area contributed by atoms with E-state index in [0.717, 1.165) is 31.3 Å². The number of carbonyl (C=O) groups is 1. The van der Waals surface area contributed by atoms with Crippen molar-refractivity contribution in [3.8, 4) is 0 Å². The Bertz CT molecular complexity index is 779. The van der Waals surface area contributed by atoms with E-state index in [1.54, 1.807) is 0 Å². The predicted molar refractivity (Wildman–Crippen MR) is 116 cm³/mol. The Morgan fingerprint density at radius 3 is 2.34 bits per heavy atom. The van der Waals surface area contributed by atoms with Crippen LogP contribution in [0.15, 0.2) is 24.3 Å². The first-order chi connectivity index (χ1) is 14.1. The molecule has 3 nitrogen and oxygen atoms in total. The molecule has 1 amide bonds.